The highest BCUT2D eigenvalue weighted by Crippen LogP contribution is 2.31. The molecule has 0 bridgehead atoms. The predicted octanol–water partition coefficient (Wildman–Crippen LogP) is 3.79. The zero-order chi connectivity index (χ0) is 19.0. The van der Waals surface area contributed by atoms with Crippen LogP contribution in [0.4, 0.5) is 0 Å². The second kappa shape index (κ2) is 7.26. The van der Waals surface area contributed by atoms with Gasteiger partial charge in [0.1, 0.15) is 9.71 Å². The molecule has 0 aliphatic carbocycles. The third-order valence-corrected chi connectivity index (χ3v) is 5.70. The number of rotatable bonds is 5. The fourth-order valence-electron chi connectivity index (χ4n) is 2.43. The monoisotopic (exact) mass is 411 g/mol. The van der Waals surface area contributed by atoms with Crippen molar-refractivity contribution in [2.75, 3.05) is 0 Å². The standard InChI is InChI=1S/C17H15Cl2N3O3S/c1-8-10-6-14(17(24)25-9(2)15(20)23)26-16(10)22(21-8)7-11-12(18)4-3-5-13(11)19/h3-6,9H,7H2,1-2H3,(H2,20,23). The van der Waals surface area contributed by atoms with Gasteiger partial charge in [0, 0.05) is 21.0 Å². The number of hydrogen-bond acceptors (Lipinski definition) is 5. The third kappa shape index (κ3) is 3.56. The van der Waals surface area contributed by atoms with Crippen LogP contribution in [0.15, 0.2) is 24.3 Å². The zero-order valence-corrected chi connectivity index (χ0v) is 16.3. The first-order valence-corrected chi connectivity index (χ1v) is 9.25. The van der Waals surface area contributed by atoms with Crippen molar-refractivity contribution in [3.63, 3.8) is 0 Å². The maximum atomic E-state index is 12.2. The summed E-state index contributed by atoms with van der Waals surface area (Å²) in [6, 6.07) is 7.00. The summed E-state index contributed by atoms with van der Waals surface area (Å²) < 4.78 is 6.80. The Balaban J connectivity index is 1.95. The highest BCUT2D eigenvalue weighted by Gasteiger charge is 2.21. The van der Waals surface area contributed by atoms with Crippen molar-refractivity contribution in [3.8, 4) is 0 Å². The molecule has 2 aromatic heterocycles. The van der Waals surface area contributed by atoms with Gasteiger partial charge in [-0.3, -0.25) is 4.79 Å². The highest BCUT2D eigenvalue weighted by atomic mass is 35.5. The van der Waals surface area contributed by atoms with E-state index in [0.717, 1.165) is 21.5 Å². The number of nitrogens with zero attached hydrogens (tertiary/aromatic N) is 2. The molecule has 1 unspecified atom stereocenters. The lowest BCUT2D eigenvalue weighted by molar-refractivity contribution is -0.125. The van der Waals surface area contributed by atoms with Crippen molar-refractivity contribution < 1.29 is 14.3 Å². The Kier molecular flexibility index (Phi) is 5.22. The average molecular weight is 412 g/mol. The molecular formula is C17H15Cl2N3O3S. The van der Waals surface area contributed by atoms with Gasteiger partial charge in [0.15, 0.2) is 6.10 Å². The van der Waals surface area contributed by atoms with Crippen LogP contribution in [-0.4, -0.2) is 27.8 Å². The van der Waals surface area contributed by atoms with Crippen molar-refractivity contribution in [1.82, 2.24) is 9.78 Å². The Morgan fingerprint density at radius 1 is 1.35 bits per heavy atom. The summed E-state index contributed by atoms with van der Waals surface area (Å²) in [5.74, 6) is -1.30. The van der Waals surface area contributed by atoms with Gasteiger partial charge in [-0.25, -0.2) is 9.48 Å². The van der Waals surface area contributed by atoms with Crippen molar-refractivity contribution >= 4 is 56.6 Å². The fourth-order valence-corrected chi connectivity index (χ4v) is 3.99. The van der Waals surface area contributed by atoms with Gasteiger partial charge < -0.3 is 10.5 Å². The number of nitrogens with two attached hydrogens (primary N) is 1. The third-order valence-electron chi connectivity index (χ3n) is 3.86. The first-order valence-electron chi connectivity index (χ1n) is 7.68. The van der Waals surface area contributed by atoms with Gasteiger partial charge in [0.2, 0.25) is 0 Å². The maximum Gasteiger partial charge on any atom is 0.349 e. The summed E-state index contributed by atoms with van der Waals surface area (Å²) in [7, 11) is 0. The van der Waals surface area contributed by atoms with E-state index in [1.54, 1.807) is 28.9 Å². The van der Waals surface area contributed by atoms with Crippen molar-refractivity contribution in [2.45, 2.75) is 26.5 Å². The van der Waals surface area contributed by atoms with Crippen molar-refractivity contribution in [2.24, 2.45) is 5.73 Å². The van der Waals surface area contributed by atoms with E-state index in [1.807, 2.05) is 6.92 Å². The number of carbonyl (C=O) groups excluding carboxylic acids is 2. The Morgan fingerprint density at radius 3 is 2.62 bits per heavy atom. The predicted molar refractivity (Wildman–Crippen MR) is 102 cm³/mol. The van der Waals surface area contributed by atoms with Crippen LogP contribution >= 0.6 is 34.5 Å². The number of benzene rings is 1. The number of halogens is 2. The van der Waals surface area contributed by atoms with Gasteiger partial charge in [-0.05, 0) is 32.0 Å². The number of thiophene rings is 1. The molecule has 2 heterocycles. The molecule has 0 aliphatic heterocycles. The van der Waals surface area contributed by atoms with Gasteiger partial charge in [0.25, 0.3) is 5.91 Å². The average Bonchev–Trinajstić information content (AvgIpc) is 3.12. The van der Waals surface area contributed by atoms with Crippen LogP contribution in [0.1, 0.15) is 27.9 Å². The molecule has 0 aliphatic rings. The smallest absolute Gasteiger partial charge is 0.349 e. The molecule has 3 rings (SSSR count). The second-order valence-electron chi connectivity index (χ2n) is 5.72. The Morgan fingerprint density at radius 2 is 2.00 bits per heavy atom. The number of amides is 1. The number of aryl methyl sites for hydroxylation is 1. The van der Waals surface area contributed by atoms with E-state index in [1.165, 1.54) is 18.3 Å². The van der Waals surface area contributed by atoms with Crippen LogP contribution in [0.2, 0.25) is 10.0 Å². The van der Waals surface area contributed by atoms with E-state index < -0.39 is 18.0 Å². The minimum absolute atomic E-state index is 0.368. The minimum atomic E-state index is -0.993. The number of hydrogen-bond donors (Lipinski definition) is 1. The number of esters is 1. The number of carbonyl (C=O) groups is 2. The summed E-state index contributed by atoms with van der Waals surface area (Å²) in [5, 5.41) is 6.42. The number of fused-ring (bicyclic) bond motifs is 1. The molecule has 3 aromatic rings. The van der Waals surface area contributed by atoms with E-state index >= 15 is 0 Å². The van der Waals surface area contributed by atoms with Crippen LogP contribution < -0.4 is 5.73 Å². The van der Waals surface area contributed by atoms with E-state index in [4.69, 9.17) is 33.7 Å². The van der Waals surface area contributed by atoms with E-state index in [2.05, 4.69) is 5.10 Å². The Bertz CT molecular complexity index is 992. The molecule has 9 heteroatoms. The van der Waals surface area contributed by atoms with Gasteiger partial charge >= 0.3 is 5.97 Å². The molecular weight excluding hydrogens is 397 g/mol. The van der Waals surface area contributed by atoms with Crippen LogP contribution in [0, 0.1) is 6.92 Å². The van der Waals surface area contributed by atoms with Crippen molar-refractivity contribution in [1.29, 1.82) is 0 Å². The van der Waals surface area contributed by atoms with Gasteiger partial charge in [-0.15, -0.1) is 11.3 Å². The molecule has 0 saturated heterocycles. The number of primary amides is 1. The lowest BCUT2D eigenvalue weighted by Crippen LogP contribution is -2.30. The van der Waals surface area contributed by atoms with E-state index in [-0.39, 0.29) is 0 Å². The number of ether oxygens (including phenoxy) is 1. The molecule has 0 radical (unpaired) electrons. The Hall–Kier alpha value is -2.09. The van der Waals surface area contributed by atoms with E-state index in [9.17, 15) is 9.59 Å². The fraction of sp³-hybridized carbons (Fsp3) is 0.235. The molecule has 26 heavy (non-hydrogen) atoms. The molecule has 1 atom stereocenters. The summed E-state index contributed by atoms with van der Waals surface area (Å²) in [6.07, 6.45) is -0.993. The molecule has 0 fully saturated rings. The molecule has 136 valence electrons. The highest BCUT2D eigenvalue weighted by molar-refractivity contribution is 7.20. The van der Waals surface area contributed by atoms with Gasteiger partial charge in [0.05, 0.1) is 12.2 Å². The summed E-state index contributed by atoms with van der Waals surface area (Å²) in [5.41, 5.74) is 6.64. The molecule has 1 amide bonds. The summed E-state index contributed by atoms with van der Waals surface area (Å²) >= 11 is 13.7. The quantitative estimate of drug-likeness (QED) is 0.646. The van der Waals surface area contributed by atoms with Crippen LogP contribution in [0.25, 0.3) is 10.2 Å². The largest absolute Gasteiger partial charge is 0.448 e. The molecule has 0 spiro atoms. The first-order chi connectivity index (χ1) is 12.3. The lowest BCUT2D eigenvalue weighted by Gasteiger charge is -2.08. The first kappa shape index (κ1) is 18.7. The van der Waals surface area contributed by atoms with Crippen LogP contribution in [0.3, 0.4) is 0 Å². The summed E-state index contributed by atoms with van der Waals surface area (Å²) in [4.78, 5) is 24.5. The van der Waals surface area contributed by atoms with Gasteiger partial charge in [-0.2, -0.15) is 5.10 Å². The normalized spacial score (nSPS) is 12.3. The summed E-state index contributed by atoms with van der Waals surface area (Å²) in [6.45, 7) is 3.65. The number of aromatic nitrogens is 2. The topological polar surface area (TPSA) is 87.2 Å². The van der Waals surface area contributed by atoms with Crippen LogP contribution in [-0.2, 0) is 16.1 Å². The molecule has 1 aromatic carbocycles. The SMILES string of the molecule is Cc1nn(Cc2c(Cl)cccc2Cl)c2sc(C(=O)OC(C)C(N)=O)cc12. The second-order valence-corrected chi connectivity index (χ2v) is 7.57. The lowest BCUT2D eigenvalue weighted by atomic mass is 10.2. The van der Waals surface area contributed by atoms with Crippen LogP contribution in [0.5, 0.6) is 0 Å². The Labute approximate surface area is 163 Å². The van der Waals surface area contributed by atoms with Gasteiger partial charge in [-0.1, -0.05) is 29.3 Å². The maximum absolute atomic E-state index is 12.2. The van der Waals surface area contributed by atoms with E-state index in [0.29, 0.717) is 21.5 Å². The molecule has 6 nitrogen and oxygen atoms in total. The molecule has 0 saturated carbocycles. The van der Waals surface area contributed by atoms with Crippen molar-refractivity contribution in [3.05, 3.63) is 50.4 Å². The molecule has 2 N–H and O–H groups in total. The zero-order valence-electron chi connectivity index (χ0n) is 14.0. The minimum Gasteiger partial charge on any atom is -0.448 e.